The van der Waals surface area contributed by atoms with Crippen LogP contribution in [-0.4, -0.2) is 21.6 Å². The Bertz CT molecular complexity index is 1040. The molecule has 1 aromatic heterocycles. The Hall–Kier alpha value is -3.14. The molecule has 0 unspecified atom stereocenters. The number of hydrogen-bond donors (Lipinski definition) is 1. The minimum Gasteiger partial charge on any atom is -0.354 e. The Labute approximate surface area is 163 Å². The summed E-state index contributed by atoms with van der Waals surface area (Å²) >= 11 is 0. The van der Waals surface area contributed by atoms with Gasteiger partial charge in [0.15, 0.2) is 0 Å². The maximum absolute atomic E-state index is 12.5. The molecule has 2 aromatic rings. The fourth-order valence-electron chi connectivity index (χ4n) is 3.50. The normalized spacial score (nSPS) is 12.6. The average molecular weight is 380 g/mol. The van der Waals surface area contributed by atoms with Gasteiger partial charge in [-0.1, -0.05) is 38.1 Å². The van der Waals surface area contributed by atoms with Crippen molar-refractivity contribution in [2.45, 2.75) is 52.1 Å². The van der Waals surface area contributed by atoms with Crippen molar-refractivity contribution >= 4 is 5.91 Å². The number of hydrogen-bond acceptors (Lipinski definition) is 4. The zero-order chi connectivity index (χ0) is 20.3. The number of carbonyl (C=O) groups is 1. The van der Waals surface area contributed by atoms with Gasteiger partial charge in [0.05, 0.1) is 0 Å². The maximum Gasteiger partial charge on any atom is 0.331 e. The highest BCUT2D eigenvalue weighted by atomic mass is 16.2. The van der Waals surface area contributed by atoms with Gasteiger partial charge in [0.25, 0.3) is 5.56 Å². The van der Waals surface area contributed by atoms with Crippen molar-refractivity contribution in [2.75, 3.05) is 6.54 Å². The first kappa shape index (κ1) is 19.6. The molecule has 3 rings (SSSR count). The number of aromatic nitrogens is 2. The quantitative estimate of drug-likeness (QED) is 0.817. The summed E-state index contributed by atoms with van der Waals surface area (Å²) in [4.78, 5) is 37.2. The van der Waals surface area contributed by atoms with Crippen molar-refractivity contribution in [3.63, 3.8) is 0 Å². The van der Waals surface area contributed by atoms with Gasteiger partial charge in [-0.3, -0.25) is 14.2 Å². The van der Waals surface area contributed by atoms with Crippen LogP contribution in [0, 0.1) is 11.3 Å². The molecule has 1 N–H and O–H groups in total. The molecular formula is C21H24N4O3. The number of rotatable bonds is 6. The lowest BCUT2D eigenvalue weighted by Crippen LogP contribution is -2.45. The van der Waals surface area contributed by atoms with Crippen LogP contribution in [0.3, 0.4) is 0 Å². The van der Waals surface area contributed by atoms with E-state index in [1.165, 1.54) is 10.1 Å². The molecule has 1 aromatic carbocycles. The number of nitriles is 1. The molecule has 28 heavy (non-hydrogen) atoms. The Morgan fingerprint density at radius 2 is 1.96 bits per heavy atom. The lowest BCUT2D eigenvalue weighted by Gasteiger charge is -2.11. The summed E-state index contributed by atoms with van der Waals surface area (Å²) in [6, 6.07) is 10.1. The van der Waals surface area contributed by atoms with Crippen LogP contribution < -0.4 is 16.6 Å². The number of nitrogens with one attached hydrogen (secondary N) is 1. The predicted molar refractivity (Wildman–Crippen MR) is 105 cm³/mol. The number of amides is 1. The van der Waals surface area contributed by atoms with Crippen molar-refractivity contribution in [2.24, 2.45) is 0 Å². The fraction of sp³-hybridized carbons (Fsp3) is 0.429. The molecule has 7 nitrogen and oxygen atoms in total. The molecule has 0 saturated heterocycles. The van der Waals surface area contributed by atoms with Gasteiger partial charge < -0.3 is 5.32 Å². The largest absolute Gasteiger partial charge is 0.354 e. The van der Waals surface area contributed by atoms with E-state index >= 15 is 0 Å². The second kappa shape index (κ2) is 8.26. The van der Waals surface area contributed by atoms with Crippen LogP contribution in [0.1, 0.15) is 48.6 Å². The molecule has 146 valence electrons. The Kier molecular flexibility index (Phi) is 5.78. The highest BCUT2D eigenvalue weighted by molar-refractivity contribution is 5.75. The molecule has 1 aliphatic heterocycles. The van der Waals surface area contributed by atoms with Crippen LogP contribution in [0.25, 0.3) is 0 Å². The standard InChI is InChI=1S/C21H24N4O3/c1-14(2)16-7-5-15(6-8-16)9-10-23-19(26)13-25-20(27)17(12-22)18-4-3-11-24(18)21(25)28/h5-8,14H,3-4,9-11,13H2,1-2H3,(H,23,26). The summed E-state index contributed by atoms with van der Waals surface area (Å²) in [6.45, 7) is 4.77. The molecule has 0 radical (unpaired) electrons. The van der Waals surface area contributed by atoms with E-state index in [1.807, 2.05) is 18.2 Å². The number of benzene rings is 1. The molecule has 1 aliphatic rings. The van der Waals surface area contributed by atoms with Gasteiger partial charge in [-0.15, -0.1) is 0 Å². The SMILES string of the molecule is CC(C)c1ccc(CCNC(=O)Cn2c(=O)c(C#N)c3n(c2=O)CCC3)cc1. The first-order valence-electron chi connectivity index (χ1n) is 9.54. The zero-order valence-corrected chi connectivity index (χ0v) is 16.2. The molecule has 0 atom stereocenters. The second-order valence-electron chi connectivity index (χ2n) is 7.36. The van der Waals surface area contributed by atoms with Crippen LogP contribution in [0.5, 0.6) is 0 Å². The van der Waals surface area contributed by atoms with Gasteiger partial charge in [0, 0.05) is 18.8 Å². The molecular weight excluding hydrogens is 356 g/mol. The lowest BCUT2D eigenvalue weighted by atomic mass is 10.0. The van der Waals surface area contributed by atoms with E-state index in [4.69, 9.17) is 0 Å². The zero-order valence-electron chi connectivity index (χ0n) is 16.2. The summed E-state index contributed by atoms with van der Waals surface area (Å²) in [7, 11) is 0. The highest BCUT2D eigenvalue weighted by Crippen LogP contribution is 2.15. The van der Waals surface area contributed by atoms with Crippen LogP contribution in [0.15, 0.2) is 33.9 Å². The molecule has 0 fully saturated rings. The summed E-state index contributed by atoms with van der Waals surface area (Å²) in [5.41, 5.74) is 1.62. The Morgan fingerprint density at radius 3 is 2.61 bits per heavy atom. The first-order chi connectivity index (χ1) is 13.4. The van der Waals surface area contributed by atoms with Gasteiger partial charge in [0.1, 0.15) is 18.2 Å². The topological polar surface area (TPSA) is 96.9 Å². The summed E-state index contributed by atoms with van der Waals surface area (Å²) in [5.74, 6) is 0.0530. The number of fused-ring (bicyclic) bond motifs is 1. The first-order valence-corrected chi connectivity index (χ1v) is 9.54. The molecule has 2 heterocycles. The second-order valence-corrected chi connectivity index (χ2v) is 7.36. The third-order valence-corrected chi connectivity index (χ3v) is 5.13. The lowest BCUT2D eigenvalue weighted by molar-refractivity contribution is -0.121. The van der Waals surface area contributed by atoms with E-state index in [0.717, 1.165) is 16.6 Å². The van der Waals surface area contributed by atoms with Gasteiger partial charge in [-0.05, 0) is 36.3 Å². The summed E-state index contributed by atoms with van der Waals surface area (Å²) in [5, 5.41) is 12.0. The number of nitrogens with zero attached hydrogens (tertiary/aromatic N) is 3. The van der Waals surface area contributed by atoms with Crippen LogP contribution in [0.4, 0.5) is 0 Å². The monoisotopic (exact) mass is 380 g/mol. The minimum atomic E-state index is -0.680. The maximum atomic E-state index is 12.5. The predicted octanol–water partition coefficient (Wildman–Crippen LogP) is 1.31. The molecule has 0 spiro atoms. The van der Waals surface area contributed by atoms with Crippen molar-refractivity contribution < 1.29 is 4.79 Å². The van der Waals surface area contributed by atoms with Crippen molar-refractivity contribution in [3.05, 3.63) is 67.5 Å². The van der Waals surface area contributed by atoms with Crippen LogP contribution in [0.2, 0.25) is 0 Å². The van der Waals surface area contributed by atoms with E-state index in [2.05, 4.69) is 31.3 Å². The Morgan fingerprint density at radius 1 is 1.25 bits per heavy atom. The van der Waals surface area contributed by atoms with E-state index in [-0.39, 0.29) is 12.1 Å². The van der Waals surface area contributed by atoms with Gasteiger partial charge >= 0.3 is 5.69 Å². The molecule has 7 heteroatoms. The van der Waals surface area contributed by atoms with E-state index in [1.54, 1.807) is 0 Å². The highest BCUT2D eigenvalue weighted by Gasteiger charge is 2.23. The smallest absolute Gasteiger partial charge is 0.331 e. The van der Waals surface area contributed by atoms with Crippen LogP contribution >= 0.6 is 0 Å². The molecule has 0 saturated carbocycles. The Balaban J connectivity index is 1.65. The van der Waals surface area contributed by atoms with E-state index in [0.29, 0.717) is 37.5 Å². The molecule has 1 amide bonds. The number of carbonyl (C=O) groups excluding carboxylic acids is 1. The minimum absolute atomic E-state index is 0.0323. The van der Waals surface area contributed by atoms with Crippen molar-refractivity contribution in [3.8, 4) is 6.07 Å². The van der Waals surface area contributed by atoms with Gasteiger partial charge in [-0.2, -0.15) is 5.26 Å². The van der Waals surface area contributed by atoms with E-state index < -0.39 is 17.2 Å². The van der Waals surface area contributed by atoms with Crippen molar-refractivity contribution in [1.29, 1.82) is 5.26 Å². The van der Waals surface area contributed by atoms with Crippen molar-refractivity contribution in [1.82, 2.24) is 14.5 Å². The van der Waals surface area contributed by atoms with Crippen LogP contribution in [-0.2, 0) is 30.7 Å². The molecule has 0 bridgehead atoms. The fourth-order valence-corrected chi connectivity index (χ4v) is 3.50. The molecule has 0 aliphatic carbocycles. The van der Waals surface area contributed by atoms with Gasteiger partial charge in [-0.25, -0.2) is 9.36 Å². The average Bonchev–Trinajstić information content (AvgIpc) is 3.16. The third kappa shape index (κ3) is 3.91. The summed E-state index contributed by atoms with van der Waals surface area (Å²) < 4.78 is 2.30. The van der Waals surface area contributed by atoms with Gasteiger partial charge in [0.2, 0.25) is 5.91 Å². The summed E-state index contributed by atoms with van der Waals surface area (Å²) in [6.07, 6.45) is 1.91. The third-order valence-electron chi connectivity index (χ3n) is 5.13. The van der Waals surface area contributed by atoms with E-state index in [9.17, 15) is 19.6 Å².